The highest BCUT2D eigenvalue weighted by Crippen LogP contribution is 2.32. The summed E-state index contributed by atoms with van der Waals surface area (Å²) in [5.74, 6) is 1.68. The number of imidazole rings is 1. The Labute approximate surface area is 237 Å². The Kier molecular flexibility index (Phi) is 11.3. The van der Waals surface area contributed by atoms with Gasteiger partial charge in [0, 0.05) is 30.3 Å². The van der Waals surface area contributed by atoms with E-state index in [-0.39, 0.29) is 0 Å². The number of hydrogen-bond acceptors (Lipinski definition) is 3. The molecule has 216 valence electrons. The molecule has 1 aromatic carbocycles. The van der Waals surface area contributed by atoms with Crippen LogP contribution in [0.3, 0.4) is 0 Å². The first-order chi connectivity index (χ1) is 18.9. The van der Waals surface area contributed by atoms with Crippen LogP contribution in [0.1, 0.15) is 147 Å². The van der Waals surface area contributed by atoms with Gasteiger partial charge in [0.15, 0.2) is 11.0 Å². The van der Waals surface area contributed by atoms with Crippen LogP contribution in [-0.4, -0.2) is 26.2 Å². The molecule has 0 amide bonds. The van der Waals surface area contributed by atoms with Crippen molar-refractivity contribution in [2.75, 3.05) is 6.61 Å². The lowest BCUT2D eigenvalue weighted by Crippen LogP contribution is -2.35. The Morgan fingerprint density at radius 1 is 0.897 bits per heavy atom. The number of rotatable bonds is 17. The molecule has 0 bridgehead atoms. The highest BCUT2D eigenvalue weighted by Gasteiger charge is 2.23. The molecule has 0 saturated heterocycles. The predicted octanol–water partition coefficient (Wildman–Crippen LogP) is 8.63. The molecular formula is C33H54N5O+. The zero-order valence-electron chi connectivity index (χ0n) is 25.5. The van der Waals surface area contributed by atoms with Gasteiger partial charge in [0.05, 0.1) is 24.4 Å². The molecular weight excluding hydrogens is 482 g/mol. The summed E-state index contributed by atoms with van der Waals surface area (Å²) in [5, 5.41) is 8.78. The zero-order chi connectivity index (χ0) is 27.6. The van der Waals surface area contributed by atoms with E-state index in [1.165, 1.54) is 106 Å². The number of ether oxygens (including phenoxy) is 1. The predicted molar refractivity (Wildman–Crippen MR) is 161 cm³/mol. The van der Waals surface area contributed by atoms with Gasteiger partial charge in [-0.25, -0.2) is 9.13 Å². The molecule has 2 aromatic heterocycles. The number of hydrogen-bond donors (Lipinski definition) is 0. The number of fused-ring (bicyclic) bond motifs is 1. The first kappa shape index (κ1) is 29.6. The Hall–Kier alpha value is -2.37. The fourth-order valence-corrected chi connectivity index (χ4v) is 6.21. The maximum absolute atomic E-state index is 6.21. The van der Waals surface area contributed by atoms with E-state index in [0.29, 0.717) is 18.0 Å². The summed E-state index contributed by atoms with van der Waals surface area (Å²) in [6, 6.07) is 5.32. The second kappa shape index (κ2) is 14.9. The maximum Gasteiger partial charge on any atom is 0.245 e. The van der Waals surface area contributed by atoms with Crippen LogP contribution in [0.25, 0.3) is 11.0 Å². The van der Waals surface area contributed by atoms with Crippen molar-refractivity contribution < 1.29 is 9.30 Å². The molecule has 3 aromatic rings. The fourth-order valence-electron chi connectivity index (χ4n) is 6.21. The normalized spacial score (nSPS) is 14.4. The van der Waals surface area contributed by atoms with Gasteiger partial charge in [-0.1, -0.05) is 69.4 Å². The van der Waals surface area contributed by atoms with Gasteiger partial charge in [0.2, 0.25) is 6.33 Å². The molecule has 2 heterocycles. The van der Waals surface area contributed by atoms with Crippen LogP contribution >= 0.6 is 0 Å². The molecule has 1 aliphatic carbocycles. The van der Waals surface area contributed by atoms with Crippen LogP contribution in [-0.2, 0) is 6.54 Å². The Morgan fingerprint density at radius 3 is 2.18 bits per heavy atom. The summed E-state index contributed by atoms with van der Waals surface area (Å²) in [6.45, 7) is 13.0. The standard InChI is InChI=1S/C33H54N5O/c1-26(2)37-25-38(27(3)4)33-28(5)22-30(23-32(33)37)39-21-17-13-11-9-7-6-8-10-12-16-20-36-24-31(34-35-36)29-18-14-15-19-29/h22-27,29H,6-21H2,1-5H3/q+1. The van der Waals surface area contributed by atoms with Crippen molar-refractivity contribution in [3.05, 3.63) is 35.9 Å². The summed E-state index contributed by atoms with van der Waals surface area (Å²) in [5.41, 5.74) is 5.13. The summed E-state index contributed by atoms with van der Waals surface area (Å²) < 4.78 is 13.0. The number of aryl methyl sites for hydroxylation is 2. The summed E-state index contributed by atoms with van der Waals surface area (Å²) in [4.78, 5) is 0. The number of unbranched alkanes of at least 4 members (excludes halogenated alkanes) is 9. The molecule has 0 radical (unpaired) electrons. The van der Waals surface area contributed by atoms with Crippen LogP contribution in [0.5, 0.6) is 5.75 Å². The third-order valence-electron chi connectivity index (χ3n) is 8.53. The van der Waals surface area contributed by atoms with Gasteiger partial charge in [-0.2, -0.15) is 0 Å². The molecule has 0 unspecified atom stereocenters. The van der Waals surface area contributed by atoms with E-state index >= 15 is 0 Å². The van der Waals surface area contributed by atoms with Gasteiger partial charge in [0.1, 0.15) is 5.75 Å². The molecule has 0 atom stereocenters. The first-order valence-electron chi connectivity index (χ1n) is 16.0. The van der Waals surface area contributed by atoms with Crippen LogP contribution in [0.15, 0.2) is 24.7 Å². The van der Waals surface area contributed by atoms with Gasteiger partial charge in [0.25, 0.3) is 0 Å². The second-order valence-corrected chi connectivity index (χ2v) is 12.5. The van der Waals surface area contributed by atoms with Gasteiger partial charge in [-0.05, 0) is 66.4 Å². The Morgan fingerprint density at radius 2 is 1.54 bits per heavy atom. The minimum atomic E-state index is 0.427. The molecule has 4 rings (SSSR count). The number of benzene rings is 1. The van der Waals surface area contributed by atoms with Crippen molar-refractivity contribution >= 4 is 11.0 Å². The lowest BCUT2D eigenvalue weighted by molar-refractivity contribution is -0.692. The van der Waals surface area contributed by atoms with E-state index in [2.05, 4.69) is 83.4 Å². The van der Waals surface area contributed by atoms with Crippen molar-refractivity contribution in [1.82, 2.24) is 19.6 Å². The molecule has 0 aliphatic heterocycles. The molecule has 39 heavy (non-hydrogen) atoms. The second-order valence-electron chi connectivity index (χ2n) is 12.5. The molecule has 1 aliphatic rings. The third kappa shape index (κ3) is 8.31. The van der Waals surface area contributed by atoms with Crippen molar-refractivity contribution in [2.24, 2.45) is 0 Å². The average Bonchev–Trinajstić information content (AvgIpc) is 3.66. The van der Waals surface area contributed by atoms with Crippen molar-refractivity contribution in [2.45, 2.75) is 149 Å². The summed E-state index contributed by atoms with van der Waals surface area (Å²) in [6.07, 6.45) is 22.8. The Bertz CT molecular complexity index is 1140. The highest BCUT2D eigenvalue weighted by atomic mass is 16.5. The smallest absolute Gasteiger partial charge is 0.245 e. The van der Waals surface area contributed by atoms with E-state index in [0.717, 1.165) is 25.3 Å². The van der Waals surface area contributed by atoms with Gasteiger partial charge < -0.3 is 4.74 Å². The van der Waals surface area contributed by atoms with E-state index in [4.69, 9.17) is 4.74 Å². The van der Waals surface area contributed by atoms with Crippen LogP contribution in [0, 0.1) is 6.92 Å². The molecule has 6 nitrogen and oxygen atoms in total. The largest absolute Gasteiger partial charge is 0.493 e. The van der Waals surface area contributed by atoms with Gasteiger partial charge in [-0.3, -0.25) is 4.68 Å². The lowest BCUT2D eigenvalue weighted by Gasteiger charge is -2.09. The van der Waals surface area contributed by atoms with Crippen LogP contribution in [0.2, 0.25) is 0 Å². The molecule has 1 fully saturated rings. The van der Waals surface area contributed by atoms with Crippen molar-refractivity contribution in [1.29, 1.82) is 0 Å². The quantitative estimate of drug-likeness (QED) is 0.128. The van der Waals surface area contributed by atoms with E-state index < -0.39 is 0 Å². The van der Waals surface area contributed by atoms with Gasteiger partial charge >= 0.3 is 0 Å². The maximum atomic E-state index is 6.21. The first-order valence-corrected chi connectivity index (χ1v) is 16.0. The monoisotopic (exact) mass is 536 g/mol. The molecule has 1 saturated carbocycles. The van der Waals surface area contributed by atoms with Crippen molar-refractivity contribution in [3.8, 4) is 5.75 Å². The molecule has 0 N–H and O–H groups in total. The van der Waals surface area contributed by atoms with Crippen LogP contribution < -0.4 is 9.30 Å². The van der Waals surface area contributed by atoms with E-state index in [1.807, 2.05) is 0 Å². The minimum absolute atomic E-state index is 0.427. The highest BCUT2D eigenvalue weighted by molar-refractivity contribution is 5.77. The molecule has 0 spiro atoms. The summed E-state index contributed by atoms with van der Waals surface area (Å²) in [7, 11) is 0. The SMILES string of the molecule is Cc1cc(OCCCCCCCCCCCCn2cc(C3CCCC3)nn2)cc2c1[n+](C(C)C)cn2C(C)C. The lowest BCUT2D eigenvalue weighted by atomic mass is 10.1. The topological polar surface area (TPSA) is 48.8 Å². The number of nitrogens with zero attached hydrogens (tertiary/aromatic N) is 5. The third-order valence-corrected chi connectivity index (χ3v) is 8.53. The molecule has 6 heteroatoms. The fraction of sp³-hybridized carbons (Fsp3) is 0.727. The number of aromatic nitrogens is 5. The average molecular weight is 537 g/mol. The minimum Gasteiger partial charge on any atom is -0.493 e. The van der Waals surface area contributed by atoms with Crippen LogP contribution in [0.4, 0.5) is 0 Å². The summed E-state index contributed by atoms with van der Waals surface area (Å²) >= 11 is 0. The van der Waals surface area contributed by atoms with E-state index in [9.17, 15) is 0 Å². The zero-order valence-corrected chi connectivity index (χ0v) is 25.5. The Balaban J connectivity index is 1.03. The van der Waals surface area contributed by atoms with Crippen molar-refractivity contribution in [3.63, 3.8) is 0 Å². The van der Waals surface area contributed by atoms with E-state index in [1.54, 1.807) is 0 Å². The van der Waals surface area contributed by atoms with Gasteiger partial charge in [-0.15, -0.1) is 5.10 Å².